The van der Waals surface area contributed by atoms with Crippen LogP contribution in [0.1, 0.15) is 12.8 Å². The van der Waals surface area contributed by atoms with Gasteiger partial charge in [0.2, 0.25) is 0 Å². The van der Waals surface area contributed by atoms with Crippen LogP contribution in [0.2, 0.25) is 0 Å². The third-order valence-electron chi connectivity index (χ3n) is 3.33. The average molecular weight is 265 g/mol. The minimum Gasteiger partial charge on any atom is -0.496 e. The number of ether oxygens (including phenoxy) is 3. The van der Waals surface area contributed by atoms with Crippen LogP contribution < -0.4 is 24.8 Å². The molecule has 1 N–H and O–H groups in total. The van der Waals surface area contributed by atoms with Crippen LogP contribution >= 0.6 is 0 Å². The van der Waals surface area contributed by atoms with E-state index >= 15 is 0 Å². The fraction of sp³-hybridized carbons (Fsp3) is 0.571. The van der Waals surface area contributed by atoms with Gasteiger partial charge < -0.3 is 19.5 Å². The monoisotopic (exact) mass is 265 g/mol. The van der Waals surface area contributed by atoms with E-state index in [1.165, 1.54) is 0 Å². The van der Waals surface area contributed by atoms with Crippen LogP contribution in [0.5, 0.6) is 17.2 Å². The lowest BCUT2D eigenvalue weighted by Crippen LogP contribution is -2.32. The summed E-state index contributed by atoms with van der Waals surface area (Å²) in [4.78, 5) is 0. The van der Waals surface area contributed by atoms with E-state index in [4.69, 9.17) is 14.2 Å². The average Bonchev–Trinajstić information content (AvgIpc) is 2.48. The fourth-order valence-electron chi connectivity index (χ4n) is 2.25. The zero-order valence-corrected chi connectivity index (χ0v) is 11.7. The number of hydrogen-bond acceptors (Lipinski definition) is 4. The molecule has 1 heterocycles. The van der Waals surface area contributed by atoms with E-state index in [0.29, 0.717) is 6.04 Å². The molecule has 0 aromatic heterocycles. The molecule has 2 rings (SSSR count). The van der Waals surface area contributed by atoms with E-state index < -0.39 is 0 Å². The van der Waals surface area contributed by atoms with E-state index in [2.05, 4.69) is 10.6 Å². The van der Waals surface area contributed by atoms with Gasteiger partial charge >= 0.3 is 0 Å². The van der Waals surface area contributed by atoms with Crippen molar-refractivity contribution in [2.24, 2.45) is 0 Å². The van der Waals surface area contributed by atoms with Crippen molar-refractivity contribution in [3.05, 3.63) is 12.1 Å². The third-order valence-corrected chi connectivity index (χ3v) is 3.33. The van der Waals surface area contributed by atoms with Crippen molar-refractivity contribution in [1.82, 2.24) is 5.32 Å². The molecule has 5 nitrogen and oxygen atoms in total. The maximum atomic E-state index is 5.43. The van der Waals surface area contributed by atoms with Crippen LogP contribution in [0.15, 0.2) is 12.1 Å². The second-order valence-corrected chi connectivity index (χ2v) is 4.50. The van der Waals surface area contributed by atoms with E-state index in [-0.39, 0.29) is 0 Å². The second-order valence-electron chi connectivity index (χ2n) is 4.50. The van der Waals surface area contributed by atoms with Gasteiger partial charge in [0.1, 0.15) is 22.9 Å². The first kappa shape index (κ1) is 13.8. The van der Waals surface area contributed by atoms with Gasteiger partial charge in [0.15, 0.2) is 0 Å². The molecule has 1 aromatic rings. The molecule has 0 spiro atoms. The highest BCUT2D eigenvalue weighted by Crippen LogP contribution is 2.39. The Morgan fingerprint density at radius 2 is 1.58 bits per heavy atom. The first-order chi connectivity index (χ1) is 9.28. The third kappa shape index (κ3) is 3.23. The topological polar surface area (TPSA) is 53.8 Å². The van der Waals surface area contributed by atoms with Crippen LogP contribution in [0.4, 0.5) is 5.69 Å². The van der Waals surface area contributed by atoms with Crippen LogP contribution in [0.25, 0.3) is 0 Å². The van der Waals surface area contributed by atoms with E-state index in [9.17, 15) is 0 Å². The number of nitrogens with zero attached hydrogens (tertiary/aromatic N) is 1. The molecule has 1 radical (unpaired) electrons. The maximum absolute atomic E-state index is 5.43. The largest absolute Gasteiger partial charge is 0.496 e. The number of methoxy groups -OCH3 is 3. The number of rotatable bonds is 5. The van der Waals surface area contributed by atoms with Gasteiger partial charge in [0.25, 0.3) is 0 Å². The van der Waals surface area contributed by atoms with Crippen LogP contribution in [0.3, 0.4) is 0 Å². The molecule has 1 aliphatic heterocycles. The number of hydrogen-bond donors (Lipinski definition) is 1. The zero-order valence-electron chi connectivity index (χ0n) is 11.7. The van der Waals surface area contributed by atoms with Crippen LogP contribution in [0, 0.1) is 0 Å². The molecule has 1 aromatic carbocycles. The standard InChI is InChI=1S/C14H21N2O3/c1-17-11-8-12(18-2)14(13(9-11)19-3)16-10-4-6-15-7-5-10/h8-10,16H,4-7H2,1-3H3. The highest BCUT2D eigenvalue weighted by Gasteiger charge is 2.19. The molecular formula is C14H21N2O3. The lowest BCUT2D eigenvalue weighted by Gasteiger charge is -2.26. The smallest absolute Gasteiger partial charge is 0.149 e. The Morgan fingerprint density at radius 3 is 2.05 bits per heavy atom. The maximum Gasteiger partial charge on any atom is 0.149 e. The van der Waals surface area contributed by atoms with Crippen molar-refractivity contribution in [2.45, 2.75) is 18.9 Å². The van der Waals surface area contributed by atoms with Crippen molar-refractivity contribution in [3.8, 4) is 17.2 Å². The molecule has 0 bridgehead atoms. The molecule has 1 saturated heterocycles. The van der Waals surface area contributed by atoms with Gasteiger partial charge in [-0.15, -0.1) is 0 Å². The lowest BCUT2D eigenvalue weighted by atomic mass is 10.1. The van der Waals surface area contributed by atoms with Gasteiger partial charge in [0.05, 0.1) is 21.3 Å². The SMILES string of the molecule is COc1cc(OC)c(NC2CC[N]CC2)c(OC)c1. The summed E-state index contributed by atoms with van der Waals surface area (Å²) < 4.78 is 16.1. The van der Waals surface area contributed by atoms with Gasteiger partial charge in [-0.3, -0.25) is 0 Å². The number of anilines is 1. The van der Waals surface area contributed by atoms with Crippen molar-refractivity contribution >= 4 is 5.69 Å². The molecule has 0 aliphatic carbocycles. The Kier molecular flexibility index (Phi) is 4.74. The molecule has 0 amide bonds. The van der Waals surface area contributed by atoms with Crippen molar-refractivity contribution in [3.63, 3.8) is 0 Å². The summed E-state index contributed by atoms with van der Waals surface area (Å²) in [6, 6.07) is 4.13. The summed E-state index contributed by atoms with van der Waals surface area (Å²) in [5.74, 6) is 2.19. The fourth-order valence-corrected chi connectivity index (χ4v) is 2.25. The molecule has 1 fully saturated rings. The van der Waals surface area contributed by atoms with Crippen molar-refractivity contribution in [2.75, 3.05) is 39.7 Å². The Bertz CT molecular complexity index is 392. The summed E-state index contributed by atoms with van der Waals surface area (Å²) in [7, 11) is 4.93. The lowest BCUT2D eigenvalue weighted by molar-refractivity contribution is 0.375. The molecular weight excluding hydrogens is 244 g/mol. The number of nitrogens with one attached hydrogen (secondary N) is 1. The summed E-state index contributed by atoms with van der Waals surface area (Å²) in [5, 5.41) is 7.86. The minimum atomic E-state index is 0.411. The van der Waals surface area contributed by atoms with E-state index in [0.717, 1.165) is 48.9 Å². The molecule has 0 saturated carbocycles. The molecule has 0 atom stereocenters. The molecule has 0 unspecified atom stereocenters. The Morgan fingerprint density at radius 1 is 1.00 bits per heavy atom. The van der Waals surface area contributed by atoms with Crippen LogP contribution in [-0.4, -0.2) is 40.5 Å². The predicted molar refractivity (Wildman–Crippen MR) is 74.6 cm³/mol. The van der Waals surface area contributed by atoms with Gasteiger partial charge in [0, 0.05) is 31.3 Å². The highest BCUT2D eigenvalue weighted by atomic mass is 16.5. The summed E-state index contributed by atoms with van der Waals surface area (Å²) >= 11 is 0. The predicted octanol–water partition coefficient (Wildman–Crippen LogP) is 1.89. The van der Waals surface area contributed by atoms with Crippen LogP contribution in [-0.2, 0) is 0 Å². The quantitative estimate of drug-likeness (QED) is 0.883. The van der Waals surface area contributed by atoms with Gasteiger partial charge in [-0.1, -0.05) is 0 Å². The zero-order chi connectivity index (χ0) is 13.7. The first-order valence-electron chi connectivity index (χ1n) is 6.48. The Labute approximate surface area is 114 Å². The summed E-state index contributed by atoms with van der Waals surface area (Å²) in [6.07, 6.45) is 2.08. The molecule has 5 heteroatoms. The van der Waals surface area contributed by atoms with Gasteiger partial charge in [-0.25, -0.2) is 5.32 Å². The number of piperidine rings is 1. The van der Waals surface area contributed by atoms with Crippen molar-refractivity contribution < 1.29 is 14.2 Å². The minimum absolute atomic E-state index is 0.411. The Hall–Kier alpha value is -1.62. The van der Waals surface area contributed by atoms with E-state index in [1.54, 1.807) is 21.3 Å². The highest BCUT2D eigenvalue weighted by molar-refractivity contribution is 5.69. The summed E-state index contributed by atoms with van der Waals surface area (Å²) in [6.45, 7) is 1.83. The Balaban J connectivity index is 2.25. The van der Waals surface area contributed by atoms with Gasteiger partial charge in [-0.2, -0.15) is 0 Å². The molecule has 1 aliphatic rings. The normalized spacial score (nSPS) is 15.9. The molecule has 19 heavy (non-hydrogen) atoms. The summed E-state index contributed by atoms with van der Waals surface area (Å²) in [5.41, 5.74) is 0.887. The molecule has 105 valence electrons. The number of benzene rings is 1. The first-order valence-corrected chi connectivity index (χ1v) is 6.48. The van der Waals surface area contributed by atoms with Gasteiger partial charge in [-0.05, 0) is 12.8 Å². The van der Waals surface area contributed by atoms with E-state index in [1.807, 2.05) is 12.1 Å². The second kappa shape index (κ2) is 6.52. The van der Waals surface area contributed by atoms with Crippen molar-refractivity contribution in [1.29, 1.82) is 0 Å².